The molecule has 0 saturated heterocycles. The average Bonchev–Trinajstić information content (AvgIpc) is 3.48. The van der Waals surface area contributed by atoms with Crippen molar-refractivity contribution < 1.29 is 0 Å². The van der Waals surface area contributed by atoms with Crippen LogP contribution in [0.5, 0.6) is 0 Å². The molecule has 0 amide bonds. The molecule has 5 aliphatic heterocycles. The molecule has 8 bridgehead atoms. The Labute approximate surface area is 234 Å². The van der Waals surface area contributed by atoms with Gasteiger partial charge in [0.1, 0.15) is 0 Å². The van der Waals surface area contributed by atoms with E-state index in [1.54, 1.807) is 15.2 Å². The van der Waals surface area contributed by atoms with Gasteiger partial charge in [-0.15, -0.1) is 0 Å². The molecule has 12 heteroatoms. The van der Waals surface area contributed by atoms with E-state index in [4.69, 9.17) is 0 Å². The van der Waals surface area contributed by atoms with Crippen LogP contribution in [0.1, 0.15) is 0 Å². The van der Waals surface area contributed by atoms with Gasteiger partial charge in [0.2, 0.25) is 0 Å². The maximum absolute atomic E-state index is 2.63. The van der Waals surface area contributed by atoms with E-state index in [0.717, 1.165) is 0 Å². The van der Waals surface area contributed by atoms with Crippen molar-refractivity contribution in [1.82, 2.24) is 0 Å². The molecule has 5 heterocycles. The van der Waals surface area contributed by atoms with E-state index in [9.17, 15) is 0 Å². The molecule has 0 aromatic carbocycles. The average molecular weight is 964 g/mol. The molecular weight excluding hydrogens is 952 g/mol. The second kappa shape index (κ2) is 12.1. The second-order valence-electron chi connectivity index (χ2n) is 5.17. The van der Waals surface area contributed by atoms with E-state index < -0.39 is 0 Å². The molecule has 0 nitrogen and oxygen atoms in total. The standard InChI is InChI=1S/C16H12S4Se8/c1-2-18-10-6-22-15(26-10)16-24-8-12(28-16)20-4-3-19-11-7-23-14(27-11)13-21-5-9(17-1)25-13/h5-8H,1-4H2. The SMILES string of the molecule is C1=C2SCCSC3=C[Se]C(=C4[Se]C=C(SCCSC5=C[Se]C(=C([Se]1)[Se]2)[Se]5)[Se]4)[Se]3. The number of hydrogen-bond acceptors (Lipinski definition) is 4. The second-order valence-corrected chi connectivity index (χ2v) is 33.5. The van der Waals surface area contributed by atoms with E-state index in [1.807, 2.05) is 13.5 Å². The van der Waals surface area contributed by atoms with E-state index in [-0.39, 0.29) is 0 Å². The first-order valence-corrected chi connectivity index (χ1v) is 26.2. The Balaban J connectivity index is 1.25. The van der Waals surface area contributed by atoms with Crippen LogP contribution in [0, 0.1) is 0 Å². The van der Waals surface area contributed by atoms with Gasteiger partial charge in [0.15, 0.2) is 0 Å². The van der Waals surface area contributed by atoms with Crippen LogP contribution in [0.15, 0.2) is 48.6 Å². The van der Waals surface area contributed by atoms with Gasteiger partial charge < -0.3 is 0 Å². The van der Waals surface area contributed by atoms with E-state index >= 15 is 0 Å². The van der Waals surface area contributed by atoms with Crippen molar-refractivity contribution >= 4 is 167 Å². The predicted molar refractivity (Wildman–Crippen MR) is 142 cm³/mol. The quantitative estimate of drug-likeness (QED) is 0.342. The van der Waals surface area contributed by atoms with E-state index in [2.05, 4.69) is 66.9 Å². The molecule has 0 atom stereocenters. The number of rotatable bonds is 0. The van der Waals surface area contributed by atoms with Crippen LogP contribution in [0.4, 0.5) is 0 Å². The molecule has 0 spiro atoms. The van der Waals surface area contributed by atoms with Gasteiger partial charge in [-0.3, -0.25) is 0 Å². The zero-order chi connectivity index (χ0) is 18.8. The third-order valence-corrected chi connectivity index (χ3v) is 41.6. The van der Waals surface area contributed by atoms with Crippen LogP contribution in [0.2, 0.25) is 0 Å². The molecule has 0 fully saturated rings. The molecule has 5 rings (SSSR count). The molecule has 0 aromatic rings. The van der Waals surface area contributed by atoms with Crippen LogP contribution in [-0.2, 0) is 0 Å². The van der Waals surface area contributed by atoms with Crippen molar-refractivity contribution in [3.05, 3.63) is 48.6 Å². The summed E-state index contributed by atoms with van der Waals surface area (Å²) in [5.74, 6) is 5.26. The Morgan fingerprint density at radius 3 is 0.929 bits per heavy atom. The summed E-state index contributed by atoms with van der Waals surface area (Å²) in [6.07, 6.45) is 0. The molecule has 5 aliphatic rings. The summed E-state index contributed by atoms with van der Waals surface area (Å²) < 4.78 is 14.7. The minimum absolute atomic E-state index is 0.686. The van der Waals surface area contributed by atoms with Gasteiger partial charge >= 0.3 is 238 Å². The Kier molecular flexibility index (Phi) is 10.3. The Morgan fingerprint density at radius 1 is 0.429 bits per heavy atom. The molecular formula is C16H12S4Se8. The summed E-state index contributed by atoms with van der Waals surface area (Å²) in [6, 6.07) is 0. The van der Waals surface area contributed by atoms with E-state index in [0.29, 0.717) is 120 Å². The molecule has 0 N–H and O–H groups in total. The van der Waals surface area contributed by atoms with Crippen molar-refractivity contribution in [3.8, 4) is 0 Å². The molecule has 0 aromatic heterocycles. The predicted octanol–water partition coefficient (Wildman–Crippen LogP) is 2.07. The van der Waals surface area contributed by atoms with E-state index in [1.165, 1.54) is 23.0 Å². The first kappa shape index (κ1) is 23.7. The van der Waals surface area contributed by atoms with Crippen LogP contribution in [-0.4, -0.2) is 143 Å². The Hall–Kier alpha value is 4.00. The monoisotopic (exact) mass is 971 g/mol. The fraction of sp³-hybridized carbons (Fsp3) is 0.250. The fourth-order valence-corrected chi connectivity index (χ4v) is 41.0. The van der Waals surface area contributed by atoms with Gasteiger partial charge in [0, 0.05) is 0 Å². The van der Waals surface area contributed by atoms with Crippen LogP contribution in [0.25, 0.3) is 0 Å². The Bertz CT molecular complexity index is 719. The fourth-order valence-electron chi connectivity index (χ4n) is 2.15. The molecule has 0 unspecified atom stereocenters. The van der Waals surface area contributed by atoms with Crippen LogP contribution >= 0.6 is 47.0 Å². The summed E-state index contributed by atoms with van der Waals surface area (Å²) in [5, 5.41) is 0. The Morgan fingerprint density at radius 2 is 0.679 bits per heavy atom. The van der Waals surface area contributed by atoms with Gasteiger partial charge in [-0.05, 0) is 0 Å². The van der Waals surface area contributed by atoms with Crippen molar-refractivity contribution in [3.63, 3.8) is 0 Å². The minimum atomic E-state index is 0.686. The number of hydrogen-bond donors (Lipinski definition) is 0. The molecule has 0 saturated carbocycles. The number of fused-ring (bicyclic) bond motifs is 8. The van der Waals surface area contributed by atoms with Gasteiger partial charge in [0.05, 0.1) is 0 Å². The molecule has 148 valence electrons. The zero-order valence-corrected chi connectivity index (χ0v) is 31.0. The summed E-state index contributed by atoms with van der Waals surface area (Å²) in [5.41, 5.74) is 0. The first-order valence-electron chi connectivity index (χ1n) is 8.02. The maximum atomic E-state index is 2.63. The third-order valence-electron chi connectivity index (χ3n) is 3.30. The van der Waals surface area contributed by atoms with Crippen LogP contribution < -0.4 is 0 Å². The van der Waals surface area contributed by atoms with Crippen molar-refractivity contribution in [2.75, 3.05) is 23.0 Å². The zero-order valence-electron chi connectivity index (χ0n) is 14.0. The first-order chi connectivity index (χ1) is 13.8. The summed E-state index contributed by atoms with van der Waals surface area (Å²) in [4.78, 5) is 10.5. The summed E-state index contributed by atoms with van der Waals surface area (Å²) in [6.45, 7) is 0. The van der Waals surface area contributed by atoms with Crippen molar-refractivity contribution in [2.45, 2.75) is 0 Å². The summed E-state index contributed by atoms with van der Waals surface area (Å²) in [7, 11) is 0. The summed E-state index contributed by atoms with van der Waals surface area (Å²) >= 11 is 14.2. The van der Waals surface area contributed by atoms with Gasteiger partial charge in [-0.1, -0.05) is 0 Å². The molecule has 0 radical (unpaired) electrons. The normalized spacial score (nSPS) is 26.3. The van der Waals surface area contributed by atoms with Gasteiger partial charge in [0.25, 0.3) is 0 Å². The van der Waals surface area contributed by atoms with Gasteiger partial charge in [-0.2, -0.15) is 0 Å². The number of thioether (sulfide) groups is 4. The van der Waals surface area contributed by atoms with Crippen molar-refractivity contribution in [1.29, 1.82) is 0 Å². The van der Waals surface area contributed by atoms with Crippen molar-refractivity contribution in [2.24, 2.45) is 0 Å². The third kappa shape index (κ3) is 6.56. The topological polar surface area (TPSA) is 0 Å². The van der Waals surface area contributed by atoms with Crippen LogP contribution in [0.3, 0.4) is 0 Å². The van der Waals surface area contributed by atoms with Gasteiger partial charge in [-0.25, -0.2) is 0 Å². The molecule has 0 aliphatic carbocycles. The molecule has 28 heavy (non-hydrogen) atoms.